The Morgan fingerprint density at radius 2 is 1.79 bits per heavy atom. The first kappa shape index (κ1) is 12.7. The predicted octanol–water partition coefficient (Wildman–Crippen LogP) is 5.49. The van der Waals surface area contributed by atoms with Crippen molar-refractivity contribution < 1.29 is 4.39 Å². The molecule has 0 aliphatic carbocycles. The SMILES string of the molecule is Fc1c(Cl)cc(Nc2nc3ccccc3s2)cc1Cl. The molecule has 0 fully saturated rings. The summed E-state index contributed by atoms with van der Waals surface area (Å²) in [5.41, 5.74) is 1.52. The van der Waals surface area contributed by atoms with Crippen molar-refractivity contribution in [1.82, 2.24) is 4.98 Å². The van der Waals surface area contributed by atoms with Crippen LogP contribution in [0.2, 0.25) is 10.0 Å². The Kier molecular flexibility index (Phi) is 3.31. The van der Waals surface area contributed by atoms with Crippen LogP contribution < -0.4 is 5.32 Å². The number of fused-ring (bicyclic) bond motifs is 1. The molecule has 2 nitrogen and oxygen atoms in total. The van der Waals surface area contributed by atoms with E-state index in [1.165, 1.54) is 23.5 Å². The predicted molar refractivity (Wildman–Crippen MR) is 79.3 cm³/mol. The first-order chi connectivity index (χ1) is 9.13. The first-order valence-electron chi connectivity index (χ1n) is 5.40. The average molecular weight is 313 g/mol. The molecule has 1 heterocycles. The van der Waals surface area contributed by atoms with Crippen molar-refractivity contribution >= 4 is 55.6 Å². The number of anilines is 2. The van der Waals surface area contributed by atoms with Gasteiger partial charge in [-0.05, 0) is 24.3 Å². The number of para-hydroxylation sites is 1. The summed E-state index contributed by atoms with van der Waals surface area (Å²) < 4.78 is 14.4. The lowest BCUT2D eigenvalue weighted by atomic mass is 10.3. The summed E-state index contributed by atoms with van der Waals surface area (Å²) in [6, 6.07) is 10.8. The summed E-state index contributed by atoms with van der Waals surface area (Å²) in [4.78, 5) is 4.42. The molecule has 0 radical (unpaired) electrons. The number of hydrogen-bond donors (Lipinski definition) is 1. The smallest absolute Gasteiger partial charge is 0.188 e. The van der Waals surface area contributed by atoms with Crippen LogP contribution in [0.3, 0.4) is 0 Å². The van der Waals surface area contributed by atoms with Gasteiger partial charge in [-0.3, -0.25) is 0 Å². The lowest BCUT2D eigenvalue weighted by Gasteiger charge is -2.05. The molecule has 19 heavy (non-hydrogen) atoms. The largest absolute Gasteiger partial charge is 0.331 e. The summed E-state index contributed by atoms with van der Waals surface area (Å²) in [5.74, 6) is -0.613. The lowest BCUT2D eigenvalue weighted by molar-refractivity contribution is 0.629. The molecule has 0 unspecified atom stereocenters. The second-order valence-electron chi connectivity index (χ2n) is 3.87. The molecule has 1 aromatic heterocycles. The van der Waals surface area contributed by atoms with Crippen LogP contribution >= 0.6 is 34.5 Å². The quantitative estimate of drug-likeness (QED) is 0.633. The summed E-state index contributed by atoms with van der Waals surface area (Å²) in [7, 11) is 0. The van der Waals surface area contributed by atoms with Crippen LogP contribution in [-0.2, 0) is 0 Å². The van der Waals surface area contributed by atoms with E-state index in [0.29, 0.717) is 10.8 Å². The summed E-state index contributed by atoms with van der Waals surface area (Å²) in [5, 5.41) is 3.75. The molecule has 0 saturated carbocycles. The van der Waals surface area contributed by atoms with E-state index >= 15 is 0 Å². The van der Waals surface area contributed by atoms with Crippen molar-refractivity contribution in [1.29, 1.82) is 0 Å². The Morgan fingerprint density at radius 1 is 1.11 bits per heavy atom. The van der Waals surface area contributed by atoms with E-state index in [9.17, 15) is 4.39 Å². The molecule has 2 aromatic carbocycles. The van der Waals surface area contributed by atoms with Crippen LogP contribution in [0.25, 0.3) is 10.2 Å². The molecular formula is C13H7Cl2FN2S. The number of halogens is 3. The second kappa shape index (κ2) is 4.96. The topological polar surface area (TPSA) is 24.9 Å². The highest BCUT2D eigenvalue weighted by Crippen LogP contribution is 2.32. The highest BCUT2D eigenvalue weighted by atomic mass is 35.5. The maximum atomic E-state index is 13.3. The van der Waals surface area contributed by atoms with Gasteiger partial charge in [0.1, 0.15) is 0 Å². The van der Waals surface area contributed by atoms with E-state index in [0.717, 1.165) is 10.2 Å². The van der Waals surface area contributed by atoms with Crippen molar-refractivity contribution in [3.05, 3.63) is 52.3 Å². The zero-order chi connectivity index (χ0) is 13.4. The third-order valence-corrected chi connectivity index (χ3v) is 4.03. The Labute approximate surface area is 122 Å². The molecule has 96 valence electrons. The van der Waals surface area contributed by atoms with Gasteiger partial charge < -0.3 is 5.32 Å². The molecule has 0 saturated heterocycles. The Balaban J connectivity index is 1.96. The van der Waals surface area contributed by atoms with E-state index in [1.54, 1.807) is 0 Å². The number of thiazole rings is 1. The fourth-order valence-electron chi connectivity index (χ4n) is 1.68. The van der Waals surface area contributed by atoms with E-state index < -0.39 is 5.82 Å². The van der Waals surface area contributed by atoms with Crippen LogP contribution in [0.5, 0.6) is 0 Å². The van der Waals surface area contributed by atoms with Gasteiger partial charge in [-0.1, -0.05) is 46.7 Å². The molecule has 0 aliphatic heterocycles. The fraction of sp³-hybridized carbons (Fsp3) is 0. The summed E-state index contributed by atoms with van der Waals surface area (Å²) in [6.07, 6.45) is 0. The van der Waals surface area contributed by atoms with Crippen LogP contribution in [0.1, 0.15) is 0 Å². The maximum absolute atomic E-state index is 13.3. The van der Waals surface area contributed by atoms with Crippen molar-refractivity contribution in [3.8, 4) is 0 Å². The molecule has 0 aliphatic rings. The van der Waals surface area contributed by atoms with E-state index in [-0.39, 0.29) is 10.0 Å². The van der Waals surface area contributed by atoms with Gasteiger partial charge in [0.25, 0.3) is 0 Å². The third kappa shape index (κ3) is 2.52. The number of aromatic nitrogens is 1. The molecule has 0 amide bonds. The molecule has 1 N–H and O–H groups in total. The van der Waals surface area contributed by atoms with Gasteiger partial charge in [0.05, 0.1) is 20.3 Å². The number of hydrogen-bond acceptors (Lipinski definition) is 3. The van der Waals surface area contributed by atoms with Gasteiger partial charge in [-0.2, -0.15) is 0 Å². The Hall–Kier alpha value is -1.36. The number of benzene rings is 2. The Bertz CT molecular complexity index is 701. The maximum Gasteiger partial charge on any atom is 0.188 e. The van der Waals surface area contributed by atoms with Crippen LogP contribution in [0.15, 0.2) is 36.4 Å². The third-order valence-electron chi connectivity index (χ3n) is 2.53. The molecule has 3 rings (SSSR count). The van der Waals surface area contributed by atoms with Crippen LogP contribution in [0, 0.1) is 5.82 Å². The molecular weight excluding hydrogens is 306 g/mol. The summed E-state index contributed by atoms with van der Waals surface area (Å²) in [6.45, 7) is 0. The molecule has 0 spiro atoms. The Morgan fingerprint density at radius 3 is 2.47 bits per heavy atom. The van der Waals surface area contributed by atoms with Gasteiger partial charge in [0, 0.05) is 5.69 Å². The van der Waals surface area contributed by atoms with Gasteiger partial charge in [0.15, 0.2) is 10.9 Å². The highest BCUT2D eigenvalue weighted by Gasteiger charge is 2.09. The number of nitrogens with one attached hydrogen (secondary N) is 1. The van der Waals surface area contributed by atoms with Gasteiger partial charge in [-0.15, -0.1) is 0 Å². The van der Waals surface area contributed by atoms with Crippen molar-refractivity contribution in [3.63, 3.8) is 0 Å². The fourth-order valence-corrected chi connectivity index (χ4v) is 3.05. The second-order valence-corrected chi connectivity index (χ2v) is 5.71. The van der Waals surface area contributed by atoms with Gasteiger partial charge in [-0.25, -0.2) is 9.37 Å². The molecule has 0 atom stereocenters. The van der Waals surface area contributed by atoms with Gasteiger partial charge in [0.2, 0.25) is 0 Å². The minimum atomic E-state index is -0.613. The van der Waals surface area contributed by atoms with Crippen molar-refractivity contribution in [2.24, 2.45) is 0 Å². The van der Waals surface area contributed by atoms with E-state index in [1.807, 2.05) is 24.3 Å². The number of rotatable bonds is 2. The standard InChI is InChI=1S/C13H7Cl2FN2S/c14-8-5-7(6-9(15)12(8)16)17-13-18-10-3-1-2-4-11(10)19-13/h1-6H,(H,17,18). The average Bonchev–Trinajstić information content (AvgIpc) is 2.78. The van der Waals surface area contributed by atoms with Crippen LogP contribution in [0.4, 0.5) is 15.2 Å². The highest BCUT2D eigenvalue weighted by molar-refractivity contribution is 7.22. The van der Waals surface area contributed by atoms with E-state index in [2.05, 4.69) is 10.3 Å². The zero-order valence-electron chi connectivity index (χ0n) is 9.45. The zero-order valence-corrected chi connectivity index (χ0v) is 11.8. The first-order valence-corrected chi connectivity index (χ1v) is 6.98. The monoisotopic (exact) mass is 312 g/mol. The molecule has 0 bridgehead atoms. The summed E-state index contributed by atoms with van der Waals surface area (Å²) >= 11 is 13.0. The number of nitrogens with zero attached hydrogens (tertiary/aromatic N) is 1. The van der Waals surface area contributed by atoms with E-state index in [4.69, 9.17) is 23.2 Å². The molecule has 6 heteroatoms. The minimum absolute atomic E-state index is 0.0175. The minimum Gasteiger partial charge on any atom is -0.331 e. The van der Waals surface area contributed by atoms with Crippen molar-refractivity contribution in [2.45, 2.75) is 0 Å². The molecule has 3 aromatic rings. The normalized spacial score (nSPS) is 10.9. The van der Waals surface area contributed by atoms with Crippen LogP contribution in [-0.4, -0.2) is 4.98 Å². The van der Waals surface area contributed by atoms with Crippen molar-refractivity contribution in [2.75, 3.05) is 5.32 Å². The van der Waals surface area contributed by atoms with Gasteiger partial charge >= 0.3 is 0 Å². The lowest BCUT2D eigenvalue weighted by Crippen LogP contribution is -1.91.